The zero-order valence-corrected chi connectivity index (χ0v) is 14.8. The van der Waals surface area contributed by atoms with Gasteiger partial charge in [-0.15, -0.1) is 0 Å². The number of hydrogen-bond acceptors (Lipinski definition) is 5. The number of methoxy groups -OCH3 is 2. The molecule has 0 N–H and O–H groups in total. The molecule has 1 amide bonds. The predicted octanol–water partition coefficient (Wildman–Crippen LogP) is 1.80. The standard InChI is InChI=1S/C16H23NO5S/c1-11-9-13(21-3)14(22-4)10-15(11)23(19,20)12(2)16(18)17-7-5-6-8-17/h9-10,12H,5-8H2,1-4H3/t12-/m1/s1. The molecule has 1 fully saturated rings. The Bertz CT molecular complexity index is 693. The van der Waals surface area contributed by atoms with Crippen LogP contribution in [0.2, 0.25) is 0 Å². The summed E-state index contributed by atoms with van der Waals surface area (Å²) in [6.45, 7) is 4.39. The summed E-state index contributed by atoms with van der Waals surface area (Å²) in [5.41, 5.74) is 0.531. The number of rotatable bonds is 5. The number of benzene rings is 1. The first-order valence-electron chi connectivity index (χ1n) is 7.58. The van der Waals surface area contributed by atoms with E-state index in [0.717, 1.165) is 12.8 Å². The number of likely N-dealkylation sites (tertiary alicyclic amines) is 1. The first-order valence-corrected chi connectivity index (χ1v) is 9.13. The van der Waals surface area contributed by atoms with Gasteiger partial charge in [0.2, 0.25) is 5.91 Å². The Morgan fingerprint density at radius 2 is 1.65 bits per heavy atom. The van der Waals surface area contributed by atoms with E-state index in [2.05, 4.69) is 0 Å². The van der Waals surface area contributed by atoms with E-state index in [-0.39, 0.29) is 10.8 Å². The molecule has 1 aliphatic heterocycles. The zero-order chi connectivity index (χ0) is 17.2. The molecule has 0 radical (unpaired) electrons. The molecule has 1 aromatic rings. The van der Waals surface area contributed by atoms with E-state index in [9.17, 15) is 13.2 Å². The minimum absolute atomic E-state index is 0.107. The molecular weight excluding hydrogens is 318 g/mol. The van der Waals surface area contributed by atoms with Crippen molar-refractivity contribution < 1.29 is 22.7 Å². The van der Waals surface area contributed by atoms with Gasteiger partial charge in [0.15, 0.2) is 21.3 Å². The van der Waals surface area contributed by atoms with Crippen LogP contribution in [-0.2, 0) is 14.6 Å². The van der Waals surface area contributed by atoms with Gasteiger partial charge in [-0.2, -0.15) is 0 Å². The summed E-state index contributed by atoms with van der Waals surface area (Å²) in [4.78, 5) is 14.2. The molecule has 0 aliphatic carbocycles. The Morgan fingerprint density at radius 3 is 2.17 bits per heavy atom. The quantitative estimate of drug-likeness (QED) is 0.816. The average molecular weight is 341 g/mol. The number of carbonyl (C=O) groups excluding carboxylic acids is 1. The average Bonchev–Trinajstić information content (AvgIpc) is 3.07. The van der Waals surface area contributed by atoms with E-state index in [4.69, 9.17) is 9.47 Å². The third-order valence-corrected chi connectivity index (χ3v) is 6.40. The number of hydrogen-bond donors (Lipinski definition) is 0. The third kappa shape index (κ3) is 3.29. The normalized spacial score (nSPS) is 16.3. The van der Waals surface area contributed by atoms with Crippen LogP contribution < -0.4 is 9.47 Å². The van der Waals surface area contributed by atoms with Crippen LogP contribution in [0.5, 0.6) is 11.5 Å². The predicted molar refractivity (Wildman–Crippen MR) is 86.7 cm³/mol. The number of sulfone groups is 1. The highest BCUT2D eigenvalue weighted by Crippen LogP contribution is 2.34. The molecule has 1 heterocycles. The summed E-state index contributed by atoms with van der Waals surface area (Å²) >= 11 is 0. The summed E-state index contributed by atoms with van der Waals surface area (Å²) in [7, 11) is -0.853. The molecule has 23 heavy (non-hydrogen) atoms. The van der Waals surface area contributed by atoms with Crippen molar-refractivity contribution >= 4 is 15.7 Å². The van der Waals surface area contributed by atoms with Gasteiger partial charge in [-0.3, -0.25) is 4.79 Å². The van der Waals surface area contributed by atoms with Crippen molar-refractivity contribution in [2.75, 3.05) is 27.3 Å². The highest BCUT2D eigenvalue weighted by atomic mass is 32.2. The largest absolute Gasteiger partial charge is 0.493 e. The number of ether oxygens (including phenoxy) is 2. The molecule has 1 saturated heterocycles. The molecule has 0 unspecified atom stereocenters. The molecule has 0 aromatic heterocycles. The maximum absolute atomic E-state index is 12.9. The fourth-order valence-corrected chi connectivity index (χ4v) is 4.36. The van der Waals surface area contributed by atoms with Crippen molar-refractivity contribution in [3.63, 3.8) is 0 Å². The van der Waals surface area contributed by atoms with Crippen LogP contribution in [0.3, 0.4) is 0 Å². The summed E-state index contributed by atoms with van der Waals surface area (Å²) in [5, 5.41) is -1.11. The maximum atomic E-state index is 12.9. The van der Waals surface area contributed by atoms with E-state index < -0.39 is 15.1 Å². The molecule has 1 aliphatic rings. The van der Waals surface area contributed by atoms with Gasteiger partial charge in [-0.05, 0) is 38.3 Å². The summed E-state index contributed by atoms with van der Waals surface area (Å²) in [6, 6.07) is 3.04. The molecule has 6 nitrogen and oxygen atoms in total. The maximum Gasteiger partial charge on any atom is 0.241 e. The second-order valence-corrected chi connectivity index (χ2v) is 7.93. The van der Waals surface area contributed by atoms with E-state index in [1.807, 2.05) is 0 Å². The Labute approximate surface area is 137 Å². The van der Waals surface area contributed by atoms with Gasteiger partial charge < -0.3 is 14.4 Å². The van der Waals surface area contributed by atoms with Crippen LogP contribution in [0, 0.1) is 6.92 Å². The fourth-order valence-electron chi connectivity index (χ4n) is 2.79. The van der Waals surface area contributed by atoms with Crippen molar-refractivity contribution in [1.29, 1.82) is 0 Å². The van der Waals surface area contributed by atoms with Gasteiger partial charge >= 0.3 is 0 Å². The molecule has 1 aromatic carbocycles. The molecule has 0 spiro atoms. The van der Waals surface area contributed by atoms with Gasteiger partial charge in [0.05, 0.1) is 19.1 Å². The minimum Gasteiger partial charge on any atom is -0.493 e. The molecule has 0 saturated carbocycles. The lowest BCUT2D eigenvalue weighted by molar-refractivity contribution is -0.129. The van der Waals surface area contributed by atoms with Crippen molar-refractivity contribution in [3.05, 3.63) is 17.7 Å². The first kappa shape index (κ1) is 17.6. The first-order chi connectivity index (χ1) is 10.8. The highest BCUT2D eigenvalue weighted by Gasteiger charge is 2.35. The van der Waals surface area contributed by atoms with Crippen molar-refractivity contribution in [2.45, 2.75) is 36.8 Å². The van der Waals surface area contributed by atoms with Crippen LogP contribution in [0.1, 0.15) is 25.3 Å². The Balaban J connectivity index is 2.40. The molecule has 2 rings (SSSR count). The topological polar surface area (TPSA) is 72.9 Å². The van der Waals surface area contributed by atoms with Crippen LogP contribution in [0.4, 0.5) is 0 Å². The molecule has 128 valence electrons. The van der Waals surface area contributed by atoms with Gasteiger partial charge in [0.25, 0.3) is 0 Å². The lowest BCUT2D eigenvalue weighted by Gasteiger charge is -2.21. The van der Waals surface area contributed by atoms with Crippen LogP contribution >= 0.6 is 0 Å². The smallest absolute Gasteiger partial charge is 0.241 e. The van der Waals surface area contributed by atoms with E-state index in [1.165, 1.54) is 27.2 Å². The third-order valence-electron chi connectivity index (χ3n) is 4.22. The number of carbonyl (C=O) groups is 1. The monoisotopic (exact) mass is 341 g/mol. The Hall–Kier alpha value is -1.76. The van der Waals surface area contributed by atoms with E-state index in [0.29, 0.717) is 30.2 Å². The summed E-state index contributed by atoms with van der Waals surface area (Å²) in [6.07, 6.45) is 1.85. The molecule has 0 bridgehead atoms. The number of nitrogens with zero attached hydrogens (tertiary/aromatic N) is 1. The SMILES string of the molecule is COc1cc(C)c(S(=O)(=O)[C@H](C)C(=O)N2CCCC2)cc1OC. The second-order valence-electron chi connectivity index (χ2n) is 5.69. The molecule has 7 heteroatoms. The highest BCUT2D eigenvalue weighted by molar-refractivity contribution is 7.92. The lowest BCUT2D eigenvalue weighted by atomic mass is 10.2. The molecule has 1 atom stereocenters. The molecular formula is C16H23NO5S. The van der Waals surface area contributed by atoms with E-state index in [1.54, 1.807) is 17.9 Å². The van der Waals surface area contributed by atoms with Gasteiger partial charge in [-0.1, -0.05) is 0 Å². The van der Waals surface area contributed by atoms with Crippen LogP contribution in [0.15, 0.2) is 17.0 Å². The zero-order valence-electron chi connectivity index (χ0n) is 14.0. The van der Waals surface area contributed by atoms with Gasteiger partial charge in [0.1, 0.15) is 5.25 Å². The van der Waals surface area contributed by atoms with Crippen molar-refractivity contribution in [2.24, 2.45) is 0 Å². The van der Waals surface area contributed by atoms with Crippen molar-refractivity contribution in [3.8, 4) is 11.5 Å². The minimum atomic E-state index is -3.79. The van der Waals surface area contributed by atoms with Crippen LogP contribution in [0.25, 0.3) is 0 Å². The lowest BCUT2D eigenvalue weighted by Crippen LogP contribution is -2.40. The van der Waals surface area contributed by atoms with Gasteiger partial charge in [-0.25, -0.2) is 8.42 Å². The Kier molecular flexibility index (Phi) is 5.19. The van der Waals surface area contributed by atoms with Gasteiger partial charge in [0, 0.05) is 19.2 Å². The summed E-state index contributed by atoms with van der Waals surface area (Å²) < 4.78 is 36.1. The fraction of sp³-hybridized carbons (Fsp3) is 0.562. The van der Waals surface area contributed by atoms with Crippen molar-refractivity contribution in [1.82, 2.24) is 4.90 Å². The summed E-state index contributed by atoms with van der Waals surface area (Å²) in [5.74, 6) is 0.455. The van der Waals surface area contributed by atoms with E-state index >= 15 is 0 Å². The number of aryl methyl sites for hydroxylation is 1. The second kappa shape index (κ2) is 6.78. The van der Waals surface area contributed by atoms with Crippen LogP contribution in [-0.4, -0.2) is 51.8 Å². The Morgan fingerprint density at radius 1 is 1.13 bits per heavy atom. The number of amides is 1.